The summed E-state index contributed by atoms with van der Waals surface area (Å²) in [5.41, 5.74) is 1.30. The lowest BCUT2D eigenvalue weighted by Crippen LogP contribution is -2.24. The van der Waals surface area contributed by atoms with Crippen LogP contribution in [-0.2, 0) is 17.8 Å². The van der Waals surface area contributed by atoms with Crippen molar-refractivity contribution in [3.63, 3.8) is 0 Å². The Bertz CT molecular complexity index is 329. The highest BCUT2D eigenvalue weighted by Gasteiger charge is 2.15. The van der Waals surface area contributed by atoms with E-state index in [1.54, 1.807) is 7.11 Å². The Morgan fingerprint density at radius 3 is 2.71 bits per heavy atom. The van der Waals surface area contributed by atoms with E-state index < -0.39 is 0 Å². The van der Waals surface area contributed by atoms with Crippen LogP contribution in [0.1, 0.15) is 39.7 Å². The standard InChI is InChI=1S/C14H26N2O/c1-12(2)15-10-13-6-8-16(11-13)9-7-14(3,4)17-5/h6,8,11-12,15H,7,9-10H2,1-5H3. The number of aromatic nitrogens is 1. The summed E-state index contributed by atoms with van der Waals surface area (Å²) in [5, 5.41) is 3.42. The Balaban J connectivity index is 2.40. The third-order valence-electron chi connectivity index (χ3n) is 3.05. The van der Waals surface area contributed by atoms with Gasteiger partial charge in [0, 0.05) is 38.6 Å². The number of rotatable bonds is 7. The molecule has 0 aliphatic rings. The summed E-state index contributed by atoms with van der Waals surface area (Å²) in [6, 6.07) is 2.71. The fraction of sp³-hybridized carbons (Fsp3) is 0.714. The van der Waals surface area contributed by atoms with E-state index >= 15 is 0 Å². The molecular weight excluding hydrogens is 212 g/mol. The number of nitrogens with one attached hydrogen (secondary N) is 1. The van der Waals surface area contributed by atoms with Crippen molar-refractivity contribution in [3.05, 3.63) is 24.0 Å². The molecule has 0 saturated heterocycles. The molecule has 3 heteroatoms. The summed E-state index contributed by atoms with van der Waals surface area (Å²) in [5.74, 6) is 0. The first kappa shape index (κ1) is 14.3. The fourth-order valence-corrected chi connectivity index (χ4v) is 1.56. The third kappa shape index (κ3) is 5.37. The molecule has 0 fully saturated rings. The minimum absolute atomic E-state index is 0.0411. The van der Waals surface area contributed by atoms with E-state index in [9.17, 15) is 0 Å². The van der Waals surface area contributed by atoms with Crippen LogP contribution in [-0.4, -0.2) is 23.3 Å². The monoisotopic (exact) mass is 238 g/mol. The van der Waals surface area contributed by atoms with Gasteiger partial charge in [-0.25, -0.2) is 0 Å². The number of ether oxygens (including phenoxy) is 1. The lowest BCUT2D eigenvalue weighted by atomic mass is 10.1. The zero-order valence-electron chi connectivity index (χ0n) is 11.8. The molecule has 0 radical (unpaired) electrons. The van der Waals surface area contributed by atoms with Crippen molar-refractivity contribution in [2.45, 2.75) is 58.8 Å². The van der Waals surface area contributed by atoms with E-state index in [-0.39, 0.29) is 5.60 Å². The minimum Gasteiger partial charge on any atom is -0.379 e. The first-order valence-corrected chi connectivity index (χ1v) is 6.36. The largest absolute Gasteiger partial charge is 0.379 e. The van der Waals surface area contributed by atoms with Gasteiger partial charge in [-0.1, -0.05) is 13.8 Å². The van der Waals surface area contributed by atoms with Crippen molar-refractivity contribution in [1.29, 1.82) is 0 Å². The Morgan fingerprint density at radius 1 is 1.41 bits per heavy atom. The molecule has 3 nitrogen and oxygen atoms in total. The first-order chi connectivity index (χ1) is 7.93. The van der Waals surface area contributed by atoms with Crippen LogP contribution in [0.2, 0.25) is 0 Å². The molecule has 0 unspecified atom stereocenters. The third-order valence-corrected chi connectivity index (χ3v) is 3.05. The quantitative estimate of drug-likeness (QED) is 0.790. The number of nitrogens with zero attached hydrogens (tertiary/aromatic N) is 1. The maximum Gasteiger partial charge on any atom is 0.0639 e. The number of hydrogen-bond acceptors (Lipinski definition) is 2. The summed E-state index contributed by atoms with van der Waals surface area (Å²) in [6.45, 7) is 10.5. The van der Waals surface area contributed by atoms with Gasteiger partial charge in [0.05, 0.1) is 5.60 Å². The molecule has 1 aromatic heterocycles. The van der Waals surface area contributed by atoms with Gasteiger partial charge in [-0.3, -0.25) is 0 Å². The summed E-state index contributed by atoms with van der Waals surface area (Å²) >= 11 is 0. The van der Waals surface area contributed by atoms with Crippen molar-refractivity contribution < 1.29 is 4.74 Å². The molecule has 1 aromatic rings. The maximum absolute atomic E-state index is 5.42. The maximum atomic E-state index is 5.42. The van der Waals surface area contributed by atoms with Gasteiger partial charge in [0.25, 0.3) is 0 Å². The summed E-state index contributed by atoms with van der Waals surface area (Å²) in [6.07, 6.45) is 5.37. The van der Waals surface area contributed by atoms with Gasteiger partial charge in [-0.05, 0) is 31.9 Å². The van der Waals surface area contributed by atoms with E-state index in [0.29, 0.717) is 6.04 Å². The van der Waals surface area contributed by atoms with Crippen molar-refractivity contribution in [1.82, 2.24) is 9.88 Å². The van der Waals surface area contributed by atoms with Crippen LogP contribution in [0.4, 0.5) is 0 Å². The Kier molecular flexibility index (Phi) is 5.22. The lowest BCUT2D eigenvalue weighted by Gasteiger charge is -2.22. The highest BCUT2D eigenvalue weighted by molar-refractivity contribution is 5.10. The smallest absolute Gasteiger partial charge is 0.0639 e. The Hall–Kier alpha value is -0.800. The molecule has 0 spiro atoms. The molecule has 0 atom stereocenters. The molecule has 0 aromatic carbocycles. The second-order valence-electron chi connectivity index (χ2n) is 5.51. The van der Waals surface area contributed by atoms with Gasteiger partial charge in [-0.15, -0.1) is 0 Å². The van der Waals surface area contributed by atoms with Crippen molar-refractivity contribution in [3.8, 4) is 0 Å². The van der Waals surface area contributed by atoms with Crippen LogP contribution in [0.3, 0.4) is 0 Å². The molecule has 0 aliphatic carbocycles. The lowest BCUT2D eigenvalue weighted by molar-refractivity contribution is 0.0120. The molecular formula is C14H26N2O. The molecule has 1 N–H and O–H groups in total. The van der Waals surface area contributed by atoms with Gasteiger partial charge in [0.2, 0.25) is 0 Å². The number of hydrogen-bond donors (Lipinski definition) is 1. The molecule has 17 heavy (non-hydrogen) atoms. The van der Waals surface area contributed by atoms with Gasteiger partial charge in [0.1, 0.15) is 0 Å². The van der Waals surface area contributed by atoms with Crippen LogP contribution in [0.15, 0.2) is 18.5 Å². The minimum atomic E-state index is -0.0411. The normalized spacial score (nSPS) is 12.4. The highest BCUT2D eigenvalue weighted by Crippen LogP contribution is 2.14. The SMILES string of the molecule is COC(C)(C)CCn1ccc(CNC(C)C)c1. The molecule has 98 valence electrons. The molecule has 0 saturated carbocycles. The van der Waals surface area contributed by atoms with Gasteiger partial charge < -0.3 is 14.6 Å². The average molecular weight is 238 g/mol. The number of methoxy groups -OCH3 is 1. The summed E-state index contributed by atoms with van der Waals surface area (Å²) < 4.78 is 7.65. The topological polar surface area (TPSA) is 26.2 Å². The average Bonchev–Trinajstić information content (AvgIpc) is 2.72. The Morgan fingerprint density at radius 2 is 2.12 bits per heavy atom. The van der Waals surface area contributed by atoms with E-state index in [2.05, 4.69) is 56.0 Å². The second-order valence-corrected chi connectivity index (χ2v) is 5.51. The molecule has 0 bridgehead atoms. The predicted molar refractivity (Wildman–Crippen MR) is 72.1 cm³/mol. The first-order valence-electron chi connectivity index (χ1n) is 6.36. The van der Waals surface area contributed by atoms with Crippen LogP contribution in [0.5, 0.6) is 0 Å². The van der Waals surface area contributed by atoms with Crippen LogP contribution in [0.25, 0.3) is 0 Å². The van der Waals surface area contributed by atoms with Crippen molar-refractivity contribution in [2.75, 3.05) is 7.11 Å². The van der Waals surface area contributed by atoms with E-state index in [1.807, 2.05) is 0 Å². The zero-order chi connectivity index (χ0) is 12.9. The van der Waals surface area contributed by atoms with Crippen LogP contribution >= 0.6 is 0 Å². The second kappa shape index (κ2) is 6.22. The van der Waals surface area contributed by atoms with E-state index in [4.69, 9.17) is 4.74 Å². The van der Waals surface area contributed by atoms with Crippen LogP contribution < -0.4 is 5.32 Å². The van der Waals surface area contributed by atoms with Crippen molar-refractivity contribution >= 4 is 0 Å². The molecule has 0 amide bonds. The number of aryl methyl sites for hydroxylation is 1. The molecule has 1 heterocycles. The van der Waals surface area contributed by atoms with Gasteiger partial charge in [-0.2, -0.15) is 0 Å². The van der Waals surface area contributed by atoms with Gasteiger partial charge in [0.15, 0.2) is 0 Å². The Labute approximate surface area is 105 Å². The molecule has 0 aliphatic heterocycles. The van der Waals surface area contributed by atoms with Crippen LogP contribution in [0, 0.1) is 0 Å². The highest BCUT2D eigenvalue weighted by atomic mass is 16.5. The summed E-state index contributed by atoms with van der Waals surface area (Å²) in [4.78, 5) is 0. The van der Waals surface area contributed by atoms with E-state index in [0.717, 1.165) is 19.5 Å². The fourth-order valence-electron chi connectivity index (χ4n) is 1.56. The predicted octanol–water partition coefficient (Wildman–Crippen LogP) is 2.80. The van der Waals surface area contributed by atoms with Gasteiger partial charge >= 0.3 is 0 Å². The molecule has 1 rings (SSSR count). The summed E-state index contributed by atoms with van der Waals surface area (Å²) in [7, 11) is 1.77. The van der Waals surface area contributed by atoms with E-state index in [1.165, 1.54) is 5.56 Å². The van der Waals surface area contributed by atoms with Crippen molar-refractivity contribution in [2.24, 2.45) is 0 Å². The zero-order valence-corrected chi connectivity index (χ0v) is 11.8.